The zero-order chi connectivity index (χ0) is 33.6. The molecule has 4 aliphatic heterocycles. The van der Waals surface area contributed by atoms with Crippen LogP contribution in [0.1, 0.15) is 122 Å². The maximum Gasteiger partial charge on any atom is 0.174 e. The van der Waals surface area contributed by atoms with E-state index in [1.165, 1.54) is 72.2 Å². The molecule has 248 valence electrons. The molecule has 5 heteroatoms. The Kier molecular flexibility index (Phi) is 9.32. The average Bonchev–Trinajstić information content (AvgIpc) is 3.81. The van der Waals surface area contributed by atoms with E-state index >= 15 is 0 Å². The summed E-state index contributed by atoms with van der Waals surface area (Å²) in [6.45, 7) is 18.5. The zero-order valence-electron chi connectivity index (χ0n) is 30.6. The van der Waals surface area contributed by atoms with Crippen molar-refractivity contribution in [1.82, 2.24) is 10.3 Å². The van der Waals surface area contributed by atoms with E-state index in [4.69, 9.17) is 9.98 Å². The first kappa shape index (κ1) is 33.3. The molecule has 0 spiro atoms. The summed E-state index contributed by atoms with van der Waals surface area (Å²) in [5.41, 5.74) is 16.8. The van der Waals surface area contributed by atoms with Gasteiger partial charge < -0.3 is 4.98 Å². The van der Waals surface area contributed by atoms with Gasteiger partial charge in [0, 0.05) is 22.2 Å². The summed E-state index contributed by atoms with van der Waals surface area (Å²) in [6, 6.07) is 7.28. The lowest BCUT2D eigenvalue weighted by atomic mass is 9.70. The third-order valence-corrected chi connectivity index (χ3v) is 11.4. The lowest BCUT2D eigenvalue weighted by Gasteiger charge is -2.31. The molecule has 0 radical (unpaired) electrons. The molecule has 6 rings (SSSR count). The highest BCUT2D eigenvalue weighted by molar-refractivity contribution is 6.27. The van der Waals surface area contributed by atoms with Crippen LogP contribution in [0.4, 0.5) is 5.69 Å². The average molecular weight is 631 g/mol. The van der Waals surface area contributed by atoms with Gasteiger partial charge in [0.15, 0.2) is 6.21 Å². The van der Waals surface area contributed by atoms with Crippen molar-refractivity contribution in [2.24, 2.45) is 9.98 Å². The van der Waals surface area contributed by atoms with Crippen molar-refractivity contribution in [2.75, 3.05) is 14.1 Å². The van der Waals surface area contributed by atoms with Crippen molar-refractivity contribution in [3.05, 3.63) is 84.7 Å². The fourth-order valence-electron chi connectivity index (χ4n) is 9.17. The second-order valence-corrected chi connectivity index (χ2v) is 13.8. The predicted octanol–water partition coefficient (Wildman–Crippen LogP) is 7.86. The summed E-state index contributed by atoms with van der Waals surface area (Å²) >= 11 is 0. The van der Waals surface area contributed by atoms with Crippen LogP contribution in [0.3, 0.4) is 0 Å². The third kappa shape index (κ3) is 5.12. The van der Waals surface area contributed by atoms with Crippen LogP contribution in [0.2, 0.25) is 0 Å². The van der Waals surface area contributed by atoms with Gasteiger partial charge in [-0.05, 0) is 108 Å². The maximum absolute atomic E-state index is 5.75. The minimum absolute atomic E-state index is 0.133. The third-order valence-electron chi connectivity index (χ3n) is 11.4. The first-order valence-electron chi connectivity index (χ1n) is 18.5. The normalized spacial score (nSPS) is 24.2. The molecular formula is C42H56N5+. The molecule has 47 heavy (non-hydrogen) atoms. The van der Waals surface area contributed by atoms with E-state index in [1.807, 2.05) is 0 Å². The highest BCUT2D eigenvalue weighted by Gasteiger charge is 2.46. The molecule has 2 atom stereocenters. The second-order valence-electron chi connectivity index (χ2n) is 13.8. The molecule has 8 bridgehead atoms. The Morgan fingerprint density at radius 2 is 1.47 bits per heavy atom. The van der Waals surface area contributed by atoms with Crippen LogP contribution in [0, 0.1) is 0 Å². The molecule has 5 heterocycles. The molecule has 1 aromatic carbocycles. The minimum Gasteiger partial charge on any atom is -0.355 e. The first-order valence-corrected chi connectivity index (χ1v) is 18.5. The number of allylic oxidation sites excluding steroid dienone is 3. The Hall–Kier alpha value is -3.57. The standard InChI is InChI=1S/C42H55N5/c1-11-25-26(12-2)35-23-37-28(14-4)30(16-6)39(45-37)32(24-47(9)10)41-42(17-7,18-8)33-21-19-20-31(40(33)46-41)38-29(15-5)27(13-3)36(44-38)22-34(25)43-35/h19-24,36,38,44H,11-18H2,1-10H3/p+1/b34-22-,37-23?. The molecule has 0 saturated heterocycles. The molecule has 0 amide bonds. The van der Waals surface area contributed by atoms with Crippen molar-refractivity contribution in [1.29, 1.82) is 0 Å². The van der Waals surface area contributed by atoms with Gasteiger partial charge in [0.2, 0.25) is 0 Å². The second kappa shape index (κ2) is 13.1. The lowest BCUT2D eigenvalue weighted by Crippen LogP contribution is -2.35. The highest BCUT2D eigenvalue weighted by atomic mass is 15.0. The Balaban J connectivity index is 1.81. The largest absolute Gasteiger partial charge is 0.355 e. The van der Waals surface area contributed by atoms with Gasteiger partial charge in [0.25, 0.3) is 0 Å². The van der Waals surface area contributed by atoms with Crippen molar-refractivity contribution in [3.63, 3.8) is 0 Å². The van der Waals surface area contributed by atoms with Crippen LogP contribution in [-0.4, -0.2) is 47.3 Å². The van der Waals surface area contributed by atoms with Gasteiger partial charge in [-0.25, -0.2) is 9.57 Å². The number of aliphatic imine (C=N–C) groups is 2. The molecule has 0 fully saturated rings. The molecule has 1 aromatic heterocycles. The first-order chi connectivity index (χ1) is 22.7. The van der Waals surface area contributed by atoms with E-state index in [9.17, 15) is 0 Å². The number of fused-ring (bicyclic) bond motifs is 6. The molecule has 5 nitrogen and oxygen atoms in total. The number of nitrogens with one attached hydrogen (secondary N) is 2. The smallest absolute Gasteiger partial charge is 0.174 e. The van der Waals surface area contributed by atoms with Crippen molar-refractivity contribution in [2.45, 2.75) is 124 Å². The fraction of sp³-hybridized carbons (Fsp3) is 0.500. The van der Waals surface area contributed by atoms with Crippen LogP contribution < -0.4 is 16.0 Å². The maximum atomic E-state index is 5.75. The van der Waals surface area contributed by atoms with Crippen LogP contribution >= 0.6 is 0 Å². The van der Waals surface area contributed by atoms with Gasteiger partial charge in [0.05, 0.1) is 34.4 Å². The Bertz CT molecular complexity index is 1910. The Labute approximate surface area is 282 Å². The van der Waals surface area contributed by atoms with E-state index in [2.05, 4.69) is 121 Å². The highest BCUT2D eigenvalue weighted by Crippen LogP contribution is 2.52. The van der Waals surface area contributed by atoms with Crippen molar-refractivity contribution in [3.8, 4) is 0 Å². The Morgan fingerprint density at radius 3 is 2.06 bits per heavy atom. The van der Waals surface area contributed by atoms with Crippen LogP contribution in [0.15, 0.2) is 61.7 Å². The summed E-state index contributed by atoms with van der Waals surface area (Å²) in [5.74, 6) is 0. The monoisotopic (exact) mass is 630 g/mol. The lowest BCUT2D eigenvalue weighted by molar-refractivity contribution is -0.458. The van der Waals surface area contributed by atoms with Gasteiger partial charge in [0.1, 0.15) is 14.1 Å². The zero-order valence-corrected chi connectivity index (χ0v) is 30.6. The van der Waals surface area contributed by atoms with E-state index < -0.39 is 0 Å². The Morgan fingerprint density at radius 1 is 0.787 bits per heavy atom. The topological polar surface area (TPSA) is 55.5 Å². The predicted molar refractivity (Wildman–Crippen MR) is 201 cm³/mol. The quantitative estimate of drug-likeness (QED) is 0.166. The minimum atomic E-state index is -0.186. The number of nitrogens with zero attached hydrogens (tertiary/aromatic N) is 3. The van der Waals surface area contributed by atoms with Gasteiger partial charge in [-0.1, -0.05) is 73.6 Å². The molecule has 2 unspecified atom stereocenters. The van der Waals surface area contributed by atoms with E-state index in [-0.39, 0.29) is 17.5 Å². The fourth-order valence-corrected chi connectivity index (χ4v) is 9.17. The van der Waals surface area contributed by atoms with Crippen LogP contribution in [-0.2, 0) is 18.3 Å². The summed E-state index contributed by atoms with van der Waals surface area (Å²) in [7, 11) is 4.26. The molecule has 0 saturated carbocycles. The number of aromatic amines is 1. The summed E-state index contributed by atoms with van der Waals surface area (Å²) in [4.78, 5) is 15.3. The van der Waals surface area contributed by atoms with Gasteiger partial charge >= 0.3 is 0 Å². The van der Waals surface area contributed by atoms with Gasteiger partial charge in [-0.2, -0.15) is 0 Å². The van der Waals surface area contributed by atoms with Gasteiger partial charge in [-0.3, -0.25) is 10.3 Å². The number of rotatable bonds is 9. The van der Waals surface area contributed by atoms with Crippen LogP contribution in [0.25, 0.3) is 12.2 Å². The van der Waals surface area contributed by atoms with Crippen molar-refractivity contribution >= 4 is 35.5 Å². The number of benzene rings is 1. The summed E-state index contributed by atoms with van der Waals surface area (Å²) in [5, 5.41) is 6.61. The van der Waals surface area contributed by atoms with E-state index in [1.54, 1.807) is 0 Å². The number of para-hydroxylation sites is 1. The van der Waals surface area contributed by atoms with Crippen LogP contribution in [0.5, 0.6) is 0 Å². The molecule has 2 N–H and O–H groups in total. The molecule has 2 aromatic rings. The number of hydrogen-bond acceptors (Lipinski definition) is 3. The van der Waals surface area contributed by atoms with E-state index in [0.29, 0.717) is 0 Å². The SMILES string of the molecule is CCC1=C(CC)/C2=C(\C=[N+](C)C)C3=Nc4c(cccc4C3(CC)CC)C3NC(/C=c4\[nH]/c(c(CC)c4CC)=C\C1=N2)C(CC)=C3CC. The molecule has 0 aliphatic carbocycles. The van der Waals surface area contributed by atoms with Crippen molar-refractivity contribution < 1.29 is 4.58 Å². The number of H-pyrrole nitrogens is 1. The molecule has 4 aliphatic rings. The van der Waals surface area contributed by atoms with E-state index in [0.717, 1.165) is 62.8 Å². The molecular weight excluding hydrogens is 574 g/mol. The van der Waals surface area contributed by atoms with Gasteiger partial charge in [-0.15, -0.1) is 0 Å². The number of hydrogen-bond donors (Lipinski definition) is 2. The number of aromatic nitrogens is 1. The summed E-state index contributed by atoms with van der Waals surface area (Å²) < 4.78 is 2.18. The summed E-state index contributed by atoms with van der Waals surface area (Å²) in [6.07, 6.45) is 15.0.